The van der Waals surface area contributed by atoms with Gasteiger partial charge in [0.25, 0.3) is 5.91 Å². The highest BCUT2D eigenvalue weighted by atomic mass is 16.5. The molecule has 0 aromatic heterocycles. The van der Waals surface area contributed by atoms with E-state index in [-0.39, 0.29) is 29.0 Å². The summed E-state index contributed by atoms with van der Waals surface area (Å²) in [5.74, 6) is -1.29. The molecule has 6 heteroatoms. The molecule has 2 aromatic carbocycles. The van der Waals surface area contributed by atoms with Gasteiger partial charge in [0.05, 0.1) is 13.2 Å². The second-order valence-electron chi connectivity index (χ2n) is 6.56. The maximum atomic E-state index is 12.5. The summed E-state index contributed by atoms with van der Waals surface area (Å²) in [6, 6.07) is 12.5. The van der Waals surface area contributed by atoms with Crippen LogP contribution in [0.2, 0.25) is 0 Å². The van der Waals surface area contributed by atoms with Gasteiger partial charge in [-0.25, -0.2) is 4.79 Å². The van der Waals surface area contributed by atoms with Crippen LogP contribution in [0.25, 0.3) is 0 Å². The van der Waals surface area contributed by atoms with Gasteiger partial charge >= 0.3 is 5.97 Å². The number of phenols is 1. The summed E-state index contributed by atoms with van der Waals surface area (Å²) >= 11 is 0. The minimum absolute atomic E-state index is 0.0444. The Kier molecular flexibility index (Phi) is 5.64. The number of carbonyl (C=O) groups excluding carboxylic acids is 2. The number of para-hydroxylation sites is 1. The van der Waals surface area contributed by atoms with Crippen LogP contribution in [-0.4, -0.2) is 30.2 Å². The molecule has 2 N–H and O–H groups in total. The normalized spacial score (nSPS) is 16.7. The van der Waals surface area contributed by atoms with Gasteiger partial charge in [-0.2, -0.15) is 0 Å². The highest BCUT2D eigenvalue weighted by Gasteiger charge is 2.26. The molecule has 142 valence electrons. The fraction of sp³-hybridized carbons (Fsp3) is 0.333. The number of rotatable bonds is 5. The fourth-order valence-electron chi connectivity index (χ4n) is 3.32. The summed E-state index contributed by atoms with van der Waals surface area (Å²) in [5.41, 5.74) is 2.30. The summed E-state index contributed by atoms with van der Waals surface area (Å²) < 4.78 is 10.2. The number of aryl methyl sites for hydroxylation is 1. The van der Waals surface area contributed by atoms with Gasteiger partial charge < -0.3 is 19.9 Å². The van der Waals surface area contributed by atoms with Gasteiger partial charge in [0.1, 0.15) is 5.56 Å². The summed E-state index contributed by atoms with van der Waals surface area (Å²) in [6.45, 7) is 1.51. The molecule has 0 saturated heterocycles. The Morgan fingerprint density at radius 2 is 1.96 bits per heavy atom. The number of esters is 1. The minimum Gasteiger partial charge on any atom is -0.504 e. The predicted molar refractivity (Wildman–Crippen MR) is 99.8 cm³/mol. The first-order chi connectivity index (χ1) is 13.0. The zero-order valence-electron chi connectivity index (χ0n) is 15.4. The topological polar surface area (TPSA) is 84.9 Å². The van der Waals surface area contributed by atoms with Crippen molar-refractivity contribution in [3.05, 3.63) is 59.2 Å². The van der Waals surface area contributed by atoms with E-state index in [1.807, 2.05) is 18.2 Å². The Bertz CT molecular complexity index is 848. The molecular formula is C21H23NO5. The number of aromatic hydroxyl groups is 1. The van der Waals surface area contributed by atoms with Crippen LogP contribution in [-0.2, 0) is 16.0 Å². The van der Waals surface area contributed by atoms with Crippen LogP contribution in [0.3, 0.4) is 0 Å². The van der Waals surface area contributed by atoms with Crippen LogP contribution in [0.15, 0.2) is 42.5 Å². The van der Waals surface area contributed by atoms with Crippen LogP contribution in [0, 0.1) is 0 Å². The van der Waals surface area contributed by atoms with Crippen molar-refractivity contribution >= 4 is 11.9 Å². The number of fused-ring (bicyclic) bond motifs is 1. The average Bonchev–Trinajstić information content (AvgIpc) is 2.68. The third-order valence-corrected chi connectivity index (χ3v) is 4.78. The number of hydrogen-bond donors (Lipinski definition) is 2. The molecule has 6 nitrogen and oxygen atoms in total. The van der Waals surface area contributed by atoms with Gasteiger partial charge in [0.2, 0.25) is 0 Å². The van der Waals surface area contributed by atoms with Crippen molar-refractivity contribution in [1.82, 2.24) is 5.32 Å². The summed E-state index contributed by atoms with van der Waals surface area (Å²) in [6.07, 6.45) is 1.85. The molecule has 2 atom stereocenters. The number of hydrogen-bond acceptors (Lipinski definition) is 5. The summed E-state index contributed by atoms with van der Waals surface area (Å²) in [4.78, 5) is 24.8. The monoisotopic (exact) mass is 369 g/mol. The van der Waals surface area contributed by atoms with Crippen molar-refractivity contribution in [1.29, 1.82) is 0 Å². The number of methoxy groups -OCH3 is 1. The molecule has 0 spiro atoms. The number of phenolic OH excluding ortho intramolecular Hbond substituents is 1. The van der Waals surface area contributed by atoms with Crippen molar-refractivity contribution in [3.8, 4) is 11.5 Å². The van der Waals surface area contributed by atoms with Crippen molar-refractivity contribution in [3.63, 3.8) is 0 Å². The first kappa shape index (κ1) is 18.8. The predicted octanol–water partition coefficient (Wildman–Crippen LogP) is 3.14. The van der Waals surface area contributed by atoms with E-state index in [1.54, 1.807) is 6.07 Å². The van der Waals surface area contributed by atoms with E-state index in [2.05, 4.69) is 11.4 Å². The van der Waals surface area contributed by atoms with Gasteiger partial charge in [-0.3, -0.25) is 4.79 Å². The zero-order valence-corrected chi connectivity index (χ0v) is 15.4. The highest BCUT2D eigenvalue weighted by Crippen LogP contribution is 2.31. The molecular weight excluding hydrogens is 346 g/mol. The largest absolute Gasteiger partial charge is 0.504 e. The second kappa shape index (κ2) is 8.12. The molecule has 0 saturated carbocycles. The van der Waals surface area contributed by atoms with Gasteiger partial charge in [-0.15, -0.1) is 0 Å². The first-order valence-electron chi connectivity index (χ1n) is 8.96. The Morgan fingerprint density at radius 3 is 2.74 bits per heavy atom. The number of nitrogens with one attached hydrogen (secondary N) is 1. The highest BCUT2D eigenvalue weighted by molar-refractivity contribution is 5.95. The van der Waals surface area contributed by atoms with Crippen molar-refractivity contribution < 1.29 is 24.2 Å². The average molecular weight is 369 g/mol. The smallest absolute Gasteiger partial charge is 0.342 e. The standard InChI is InChI=1S/C21H23NO5/c1-13(27-21(25)16-10-6-12-18(26-2)19(16)23)20(24)22-17-11-5-8-14-7-3-4-9-15(14)17/h3-4,6-7,9-10,12-13,17,23H,5,8,11H2,1-2H3,(H,22,24). The molecule has 2 unspecified atom stereocenters. The molecule has 27 heavy (non-hydrogen) atoms. The van der Waals surface area contributed by atoms with Crippen molar-refractivity contribution in [2.45, 2.75) is 38.3 Å². The Morgan fingerprint density at radius 1 is 1.19 bits per heavy atom. The minimum atomic E-state index is -0.989. The second-order valence-corrected chi connectivity index (χ2v) is 6.56. The molecule has 0 fully saturated rings. The van der Waals surface area contributed by atoms with Crippen molar-refractivity contribution in [2.24, 2.45) is 0 Å². The summed E-state index contributed by atoms with van der Waals surface area (Å²) in [5, 5.41) is 13.0. The van der Waals surface area contributed by atoms with E-state index in [0.717, 1.165) is 24.8 Å². The van der Waals surface area contributed by atoms with Crippen LogP contribution >= 0.6 is 0 Å². The van der Waals surface area contributed by atoms with E-state index in [4.69, 9.17) is 9.47 Å². The van der Waals surface area contributed by atoms with E-state index < -0.39 is 12.1 Å². The molecule has 0 bridgehead atoms. The Balaban J connectivity index is 1.66. The molecule has 2 aromatic rings. The van der Waals surface area contributed by atoms with E-state index in [1.165, 1.54) is 31.7 Å². The molecule has 1 amide bonds. The van der Waals surface area contributed by atoms with Crippen LogP contribution in [0.4, 0.5) is 0 Å². The lowest BCUT2D eigenvalue weighted by atomic mass is 9.87. The maximum Gasteiger partial charge on any atom is 0.342 e. The number of benzene rings is 2. The number of ether oxygens (including phenoxy) is 2. The number of carbonyl (C=O) groups is 2. The lowest BCUT2D eigenvalue weighted by molar-refractivity contribution is -0.130. The molecule has 3 rings (SSSR count). The van der Waals surface area contributed by atoms with Crippen molar-refractivity contribution in [2.75, 3.05) is 7.11 Å². The van der Waals surface area contributed by atoms with E-state index >= 15 is 0 Å². The Labute approximate surface area is 158 Å². The van der Waals surface area contributed by atoms with Gasteiger partial charge in [-0.05, 0) is 49.4 Å². The van der Waals surface area contributed by atoms with E-state index in [9.17, 15) is 14.7 Å². The molecule has 1 aliphatic carbocycles. The third-order valence-electron chi connectivity index (χ3n) is 4.78. The summed E-state index contributed by atoms with van der Waals surface area (Å²) in [7, 11) is 1.39. The third kappa shape index (κ3) is 4.05. The zero-order chi connectivity index (χ0) is 19.4. The SMILES string of the molecule is COc1cccc(C(=O)OC(C)C(=O)NC2CCCc3ccccc32)c1O. The number of amides is 1. The molecule has 0 radical (unpaired) electrons. The Hall–Kier alpha value is -3.02. The van der Waals surface area contributed by atoms with Gasteiger partial charge in [-0.1, -0.05) is 30.3 Å². The lowest BCUT2D eigenvalue weighted by Gasteiger charge is -2.27. The molecule has 0 aliphatic heterocycles. The van der Waals surface area contributed by atoms with Crippen LogP contribution in [0.5, 0.6) is 11.5 Å². The molecule has 1 aliphatic rings. The van der Waals surface area contributed by atoms with E-state index in [0.29, 0.717) is 0 Å². The molecule has 0 heterocycles. The van der Waals surface area contributed by atoms with Gasteiger partial charge in [0, 0.05) is 0 Å². The van der Waals surface area contributed by atoms with Gasteiger partial charge in [0.15, 0.2) is 17.6 Å². The maximum absolute atomic E-state index is 12.5. The quantitative estimate of drug-likeness (QED) is 0.791. The lowest BCUT2D eigenvalue weighted by Crippen LogP contribution is -2.39. The first-order valence-corrected chi connectivity index (χ1v) is 8.96. The van der Waals surface area contributed by atoms with Crippen LogP contribution < -0.4 is 10.1 Å². The fourth-order valence-corrected chi connectivity index (χ4v) is 3.32. The van der Waals surface area contributed by atoms with Crippen LogP contribution in [0.1, 0.15) is 47.3 Å².